The number of fused-ring (bicyclic) bond motifs is 4. The molecule has 6 nitrogen and oxygen atoms in total. The molecule has 0 radical (unpaired) electrons. The topological polar surface area (TPSA) is 78.2 Å². The molecule has 0 saturated heterocycles. The Bertz CT molecular complexity index is 1470. The number of H-pyrrole nitrogens is 2. The third-order valence-electron chi connectivity index (χ3n) is 5.77. The number of likely N-dealkylation sites (N-methyl/N-ethyl adjacent to an activating group) is 1. The predicted molar refractivity (Wildman–Crippen MR) is 107 cm³/mol. The van der Waals surface area contributed by atoms with E-state index in [9.17, 15) is 31.5 Å². The van der Waals surface area contributed by atoms with Gasteiger partial charge in [-0.05, 0) is 29.7 Å². The fourth-order valence-corrected chi connectivity index (χ4v) is 4.12. The van der Waals surface area contributed by atoms with E-state index in [-0.39, 0.29) is 45.2 Å². The molecule has 2 aromatic heterocycles. The predicted octanol–water partition coefficient (Wildman–Crippen LogP) is 4.38. The van der Waals surface area contributed by atoms with Crippen molar-refractivity contribution in [1.82, 2.24) is 14.9 Å². The molecule has 4 aromatic rings. The van der Waals surface area contributed by atoms with Gasteiger partial charge >= 0.3 is 0 Å². The van der Waals surface area contributed by atoms with Crippen molar-refractivity contribution in [2.75, 3.05) is 13.7 Å². The Hall–Kier alpha value is -3.73. The largest absolute Gasteiger partial charge is 0.350 e. The monoisotopic (exact) mass is 463 g/mol. The zero-order valence-corrected chi connectivity index (χ0v) is 16.8. The number of carbonyl (C=O) groups excluding carboxylic acids is 1. The van der Waals surface area contributed by atoms with E-state index in [0.29, 0.717) is 6.07 Å². The van der Waals surface area contributed by atoms with Crippen LogP contribution in [0.1, 0.15) is 34.1 Å². The molecule has 1 unspecified atom stereocenters. The van der Waals surface area contributed by atoms with E-state index in [1.807, 2.05) is 0 Å². The number of nitrogens with one attached hydrogen (secondary N) is 2. The zero-order valence-electron chi connectivity index (χ0n) is 16.8. The normalized spacial score (nSPS) is 18.0. The molecule has 2 N–H and O–H groups in total. The number of rotatable bonds is 2. The number of aromatic amines is 2. The van der Waals surface area contributed by atoms with E-state index in [4.69, 9.17) is 4.74 Å². The van der Waals surface area contributed by atoms with Gasteiger partial charge in [0.2, 0.25) is 6.36 Å². The summed E-state index contributed by atoms with van der Waals surface area (Å²) in [4.78, 5) is 31.6. The first kappa shape index (κ1) is 21.1. The molecule has 2 aromatic carbocycles. The molecule has 0 aliphatic carbocycles. The number of aromatic nitrogens is 2. The molecule has 0 saturated carbocycles. The van der Waals surface area contributed by atoms with Gasteiger partial charge in [0.15, 0.2) is 23.3 Å². The first-order chi connectivity index (χ1) is 15.7. The van der Waals surface area contributed by atoms with E-state index < -0.39 is 47.1 Å². The second-order valence-electron chi connectivity index (χ2n) is 7.71. The molecular formula is C22H14F5N3O3. The molecule has 0 spiro atoms. The Labute approximate surface area is 181 Å². The van der Waals surface area contributed by atoms with Crippen LogP contribution in [-0.4, -0.2) is 34.4 Å². The molecule has 170 valence electrons. The quantitative estimate of drug-likeness (QED) is 0.434. The van der Waals surface area contributed by atoms with Crippen molar-refractivity contribution in [2.45, 2.75) is 12.4 Å². The summed E-state index contributed by atoms with van der Waals surface area (Å²) < 4.78 is 74.4. The summed E-state index contributed by atoms with van der Waals surface area (Å²) in [5.41, 5.74) is -0.931. The maximum absolute atomic E-state index is 14.5. The van der Waals surface area contributed by atoms with E-state index in [1.165, 1.54) is 13.1 Å². The van der Waals surface area contributed by atoms with Crippen LogP contribution in [0.15, 0.2) is 35.1 Å². The van der Waals surface area contributed by atoms with Gasteiger partial charge in [0.1, 0.15) is 5.69 Å². The fourth-order valence-electron chi connectivity index (χ4n) is 4.12. The fraction of sp³-hybridized carbons (Fsp3) is 0.182. The number of ether oxygens (including phenoxy) is 1. The van der Waals surface area contributed by atoms with Crippen molar-refractivity contribution in [2.24, 2.45) is 0 Å². The number of amides is 1. The zero-order chi connectivity index (χ0) is 23.6. The van der Waals surface area contributed by atoms with E-state index >= 15 is 0 Å². The number of hydrogen-bond acceptors (Lipinski definition) is 3. The van der Waals surface area contributed by atoms with Crippen LogP contribution in [0.3, 0.4) is 0 Å². The Balaban J connectivity index is 1.63. The molecule has 0 bridgehead atoms. The third-order valence-corrected chi connectivity index (χ3v) is 5.77. The van der Waals surface area contributed by atoms with Crippen molar-refractivity contribution in [3.05, 3.63) is 80.9 Å². The standard InChI is InChI=1S/C22H14F5N3O3/c1-30(22(32)16-3-8-2-11(23)14(26)6-15(8)28-16)17-7-33-20(27)19-18(17)9-4-12(24)13(25)5-10(9)21(31)29-19/h2-6,17,20,28H,7H2,1H3,(H,29,31)/t17-,20?/m1/s1. The average Bonchev–Trinajstić information content (AvgIpc) is 3.18. The molecule has 3 heterocycles. The van der Waals surface area contributed by atoms with Crippen LogP contribution < -0.4 is 5.56 Å². The SMILES string of the molecule is CN(C(=O)c1cc2cc(F)c(F)cc2[nH]1)[C@@H]1COC(F)c2[nH]c(=O)c3cc(F)c(F)cc3c21. The highest BCUT2D eigenvalue weighted by atomic mass is 19.2. The summed E-state index contributed by atoms with van der Waals surface area (Å²) in [5.74, 6) is -5.32. The lowest BCUT2D eigenvalue weighted by Gasteiger charge is -2.34. The number of hydrogen-bond donors (Lipinski definition) is 2. The molecular weight excluding hydrogens is 449 g/mol. The molecule has 11 heteroatoms. The lowest BCUT2D eigenvalue weighted by Crippen LogP contribution is -2.38. The summed E-state index contributed by atoms with van der Waals surface area (Å²) in [5, 5.41) is -0.0321. The second-order valence-corrected chi connectivity index (χ2v) is 7.71. The number of pyridine rings is 1. The van der Waals surface area contributed by atoms with Gasteiger partial charge in [0.05, 0.1) is 23.7 Å². The van der Waals surface area contributed by atoms with Gasteiger partial charge in [-0.25, -0.2) is 22.0 Å². The van der Waals surface area contributed by atoms with Gasteiger partial charge in [-0.15, -0.1) is 0 Å². The Kier molecular flexibility index (Phi) is 4.74. The summed E-state index contributed by atoms with van der Waals surface area (Å²) >= 11 is 0. The van der Waals surface area contributed by atoms with Crippen molar-refractivity contribution in [3.63, 3.8) is 0 Å². The molecule has 33 heavy (non-hydrogen) atoms. The minimum Gasteiger partial charge on any atom is -0.350 e. The number of nitrogens with zero attached hydrogens (tertiary/aromatic N) is 1. The maximum Gasteiger partial charge on any atom is 0.270 e. The van der Waals surface area contributed by atoms with Crippen molar-refractivity contribution in [3.8, 4) is 0 Å². The highest BCUT2D eigenvalue weighted by Crippen LogP contribution is 2.39. The van der Waals surface area contributed by atoms with Gasteiger partial charge in [-0.3, -0.25) is 9.59 Å². The van der Waals surface area contributed by atoms with Crippen molar-refractivity contribution in [1.29, 1.82) is 0 Å². The molecule has 2 atom stereocenters. The van der Waals surface area contributed by atoms with E-state index in [0.717, 1.165) is 23.1 Å². The lowest BCUT2D eigenvalue weighted by molar-refractivity contribution is -0.0771. The molecule has 1 aliphatic rings. The number of halogens is 5. The van der Waals surface area contributed by atoms with Gasteiger partial charge in [0, 0.05) is 29.6 Å². The van der Waals surface area contributed by atoms with Crippen LogP contribution in [0.4, 0.5) is 22.0 Å². The lowest BCUT2D eigenvalue weighted by atomic mass is 9.95. The van der Waals surface area contributed by atoms with Crippen LogP contribution in [0.5, 0.6) is 0 Å². The molecule has 0 fully saturated rings. The van der Waals surface area contributed by atoms with Crippen LogP contribution in [-0.2, 0) is 4.74 Å². The Morgan fingerprint density at radius 3 is 2.33 bits per heavy atom. The highest BCUT2D eigenvalue weighted by molar-refractivity contribution is 5.98. The van der Waals surface area contributed by atoms with Crippen molar-refractivity contribution >= 4 is 27.6 Å². The third kappa shape index (κ3) is 3.27. The van der Waals surface area contributed by atoms with Crippen LogP contribution in [0, 0.1) is 23.3 Å². The number of benzene rings is 2. The number of carbonyl (C=O) groups is 1. The maximum atomic E-state index is 14.5. The number of alkyl halides is 1. The molecule has 1 amide bonds. The van der Waals surface area contributed by atoms with E-state index in [1.54, 1.807) is 0 Å². The summed E-state index contributed by atoms with van der Waals surface area (Å²) in [6, 6.07) is 3.63. The summed E-state index contributed by atoms with van der Waals surface area (Å²) in [6.45, 7) is -0.347. The second kappa shape index (κ2) is 7.41. The summed E-state index contributed by atoms with van der Waals surface area (Å²) in [7, 11) is 1.36. The molecule has 5 rings (SSSR count). The minimum atomic E-state index is -2.05. The van der Waals surface area contributed by atoms with Gasteiger partial charge in [-0.1, -0.05) is 0 Å². The highest BCUT2D eigenvalue weighted by Gasteiger charge is 2.36. The smallest absolute Gasteiger partial charge is 0.270 e. The van der Waals surface area contributed by atoms with Crippen LogP contribution in [0.2, 0.25) is 0 Å². The first-order valence-electron chi connectivity index (χ1n) is 9.71. The van der Waals surface area contributed by atoms with Crippen LogP contribution in [0.25, 0.3) is 21.7 Å². The summed E-state index contributed by atoms with van der Waals surface area (Å²) in [6.07, 6.45) is -2.05. The van der Waals surface area contributed by atoms with Gasteiger partial charge in [-0.2, -0.15) is 0 Å². The Morgan fingerprint density at radius 1 is 0.970 bits per heavy atom. The average molecular weight is 463 g/mol. The molecule has 1 aliphatic heterocycles. The Morgan fingerprint density at radius 2 is 1.61 bits per heavy atom. The van der Waals surface area contributed by atoms with Gasteiger partial charge in [0.25, 0.3) is 11.5 Å². The van der Waals surface area contributed by atoms with E-state index in [2.05, 4.69) is 9.97 Å². The van der Waals surface area contributed by atoms with Crippen molar-refractivity contribution < 1.29 is 31.5 Å². The minimum absolute atomic E-state index is 0.0209. The van der Waals surface area contributed by atoms with Crippen LogP contribution >= 0.6 is 0 Å². The van der Waals surface area contributed by atoms with Gasteiger partial charge < -0.3 is 19.6 Å². The first-order valence-corrected chi connectivity index (χ1v) is 9.71.